The van der Waals surface area contributed by atoms with E-state index in [0.29, 0.717) is 5.89 Å². The molecule has 0 atom stereocenters. The summed E-state index contributed by atoms with van der Waals surface area (Å²) in [6.07, 6.45) is 0. The van der Waals surface area contributed by atoms with Gasteiger partial charge in [-0.25, -0.2) is 9.97 Å². The lowest BCUT2D eigenvalue weighted by Gasteiger charge is -2.27. The van der Waals surface area contributed by atoms with Gasteiger partial charge in [0.15, 0.2) is 5.58 Å². The standard InChI is InChI=1S/C46H27N3OS/c1-2-10-31(11-3-1)45-47-40-27-22-33(29-43(40)50-45)30-18-23-35(24-19-30)49(42-28-34-12-4-5-13-37(34)38-14-6-7-15-39(38)42)36-25-20-32(21-26-36)46-48-41-16-8-9-17-44(41)51-46/h1-6,8-14,16-29H. The van der Waals surface area contributed by atoms with Crippen molar-refractivity contribution >= 4 is 71.3 Å². The van der Waals surface area contributed by atoms with E-state index in [1.165, 1.54) is 15.5 Å². The highest BCUT2D eigenvalue weighted by Crippen LogP contribution is 2.43. The number of hydrogen-bond acceptors (Lipinski definition) is 5. The molecule has 0 amide bonds. The minimum absolute atomic E-state index is 0.625. The van der Waals surface area contributed by atoms with Gasteiger partial charge in [0, 0.05) is 27.9 Å². The lowest BCUT2D eigenvalue weighted by Crippen LogP contribution is -2.10. The van der Waals surface area contributed by atoms with E-state index < -0.39 is 0 Å². The number of para-hydroxylation sites is 1. The van der Waals surface area contributed by atoms with Crippen molar-refractivity contribution in [2.45, 2.75) is 0 Å². The summed E-state index contributed by atoms with van der Waals surface area (Å²) >= 11 is 1.72. The molecule has 0 bridgehead atoms. The smallest absolute Gasteiger partial charge is 0.227 e. The van der Waals surface area contributed by atoms with Crippen LogP contribution >= 0.6 is 11.3 Å². The van der Waals surface area contributed by atoms with Crippen LogP contribution in [0.5, 0.6) is 0 Å². The zero-order chi connectivity index (χ0) is 33.7. The molecule has 0 N–H and O–H groups in total. The summed E-state index contributed by atoms with van der Waals surface area (Å²) in [5, 5.41) is 5.53. The number of anilines is 3. The highest BCUT2D eigenvalue weighted by molar-refractivity contribution is 7.21. The van der Waals surface area contributed by atoms with Crippen molar-refractivity contribution in [1.82, 2.24) is 9.97 Å². The average molecular weight is 670 g/mol. The second-order valence-corrected chi connectivity index (χ2v) is 13.5. The van der Waals surface area contributed by atoms with E-state index in [1.54, 1.807) is 11.3 Å². The van der Waals surface area contributed by atoms with Crippen LogP contribution in [-0.2, 0) is 0 Å². The average Bonchev–Trinajstić information content (AvgIpc) is 3.84. The molecule has 4 nitrogen and oxygen atoms in total. The highest BCUT2D eigenvalue weighted by atomic mass is 32.1. The molecule has 0 saturated carbocycles. The first-order chi connectivity index (χ1) is 25.2. The van der Waals surface area contributed by atoms with Crippen molar-refractivity contribution in [2.24, 2.45) is 0 Å². The third-order valence-electron chi connectivity index (χ3n) is 9.37. The molecular formula is C46H27N3OS. The molecule has 0 fully saturated rings. The van der Waals surface area contributed by atoms with Crippen LogP contribution in [0.3, 0.4) is 0 Å². The largest absolute Gasteiger partial charge is 0.436 e. The van der Waals surface area contributed by atoms with Gasteiger partial charge in [0.05, 0.1) is 21.3 Å². The molecule has 10 aromatic rings. The van der Waals surface area contributed by atoms with Gasteiger partial charge in [-0.2, -0.15) is 0 Å². The summed E-state index contributed by atoms with van der Waals surface area (Å²) in [5.41, 5.74) is 9.95. The Balaban J connectivity index is 1.08. The van der Waals surface area contributed by atoms with E-state index in [-0.39, 0.29) is 0 Å². The van der Waals surface area contributed by atoms with Gasteiger partial charge in [0.25, 0.3) is 0 Å². The predicted molar refractivity (Wildman–Crippen MR) is 211 cm³/mol. The Morgan fingerprint density at radius 1 is 0.549 bits per heavy atom. The van der Waals surface area contributed by atoms with Gasteiger partial charge in [0.1, 0.15) is 10.5 Å². The summed E-state index contributed by atoms with van der Waals surface area (Å²) in [6, 6.07) is 63.5. The number of nitrogens with zero attached hydrogens (tertiary/aromatic N) is 3. The number of benzene rings is 7. The van der Waals surface area contributed by atoms with E-state index in [2.05, 4.69) is 132 Å². The quantitative estimate of drug-likeness (QED) is 0.177. The zero-order valence-corrected chi connectivity index (χ0v) is 28.1. The van der Waals surface area contributed by atoms with Crippen molar-refractivity contribution in [3.05, 3.63) is 176 Å². The fourth-order valence-corrected chi connectivity index (χ4v) is 7.84. The van der Waals surface area contributed by atoms with Crippen molar-refractivity contribution in [3.63, 3.8) is 0 Å². The third kappa shape index (κ3) is 5.18. The second-order valence-electron chi connectivity index (χ2n) is 12.5. The van der Waals surface area contributed by atoms with E-state index in [1.807, 2.05) is 48.5 Å². The molecular weight excluding hydrogens is 643 g/mol. The molecule has 0 saturated heterocycles. The van der Waals surface area contributed by atoms with Crippen LogP contribution in [0, 0.1) is 12.1 Å². The van der Waals surface area contributed by atoms with Gasteiger partial charge in [-0.3, -0.25) is 0 Å². The zero-order valence-electron chi connectivity index (χ0n) is 27.2. The molecule has 51 heavy (non-hydrogen) atoms. The van der Waals surface area contributed by atoms with Crippen LogP contribution in [0.2, 0.25) is 0 Å². The van der Waals surface area contributed by atoms with Crippen LogP contribution in [0.4, 0.5) is 17.1 Å². The van der Waals surface area contributed by atoms with Crippen molar-refractivity contribution in [3.8, 4) is 33.2 Å². The number of rotatable bonds is 6. The van der Waals surface area contributed by atoms with E-state index in [9.17, 15) is 0 Å². The molecule has 0 aliphatic carbocycles. The molecule has 5 heteroatoms. The molecule has 0 radical (unpaired) electrons. The maximum Gasteiger partial charge on any atom is 0.227 e. The normalized spacial score (nSPS) is 11.4. The summed E-state index contributed by atoms with van der Waals surface area (Å²) in [6.45, 7) is 0. The third-order valence-corrected chi connectivity index (χ3v) is 10.5. The van der Waals surface area contributed by atoms with Gasteiger partial charge in [-0.15, -0.1) is 11.3 Å². The van der Waals surface area contributed by atoms with Crippen LogP contribution in [0.25, 0.3) is 76.0 Å². The fourth-order valence-electron chi connectivity index (χ4n) is 6.87. The molecule has 8 aromatic carbocycles. The van der Waals surface area contributed by atoms with Gasteiger partial charge >= 0.3 is 0 Å². The maximum absolute atomic E-state index is 6.20. The number of thiazole rings is 1. The van der Waals surface area contributed by atoms with Gasteiger partial charge in [0.2, 0.25) is 5.89 Å². The molecule has 0 spiro atoms. The lowest BCUT2D eigenvalue weighted by atomic mass is 9.99. The van der Waals surface area contributed by atoms with Crippen molar-refractivity contribution < 1.29 is 4.42 Å². The first-order valence-electron chi connectivity index (χ1n) is 16.8. The first kappa shape index (κ1) is 29.2. The molecule has 0 unspecified atom stereocenters. The Bertz CT molecular complexity index is 2820. The second kappa shape index (κ2) is 12.0. The molecule has 10 rings (SSSR count). The van der Waals surface area contributed by atoms with Gasteiger partial charge in [-0.1, -0.05) is 84.9 Å². The minimum atomic E-state index is 0.625. The molecule has 0 aliphatic heterocycles. The number of oxazole rings is 1. The Kier molecular flexibility index (Phi) is 6.87. The number of aromatic nitrogens is 2. The Morgan fingerprint density at radius 2 is 1.27 bits per heavy atom. The van der Waals surface area contributed by atoms with Gasteiger partial charge in [-0.05, 0) is 113 Å². The highest BCUT2D eigenvalue weighted by Gasteiger charge is 2.19. The summed E-state index contributed by atoms with van der Waals surface area (Å²) < 4.78 is 7.39. The topological polar surface area (TPSA) is 42.2 Å². The SMILES string of the molecule is c1ccc2c(c#1)c(N(c1ccc(-c3ccc4nc(-c5ccccc5)oc4c3)cc1)c1ccc(-c3nc4ccccc4s3)cc1)cc1ccccc12. The van der Waals surface area contributed by atoms with Gasteiger partial charge < -0.3 is 9.32 Å². The summed E-state index contributed by atoms with van der Waals surface area (Å²) in [4.78, 5) is 11.9. The van der Waals surface area contributed by atoms with Crippen LogP contribution in [0.1, 0.15) is 0 Å². The Labute approximate surface area is 298 Å². The Morgan fingerprint density at radius 3 is 2.10 bits per heavy atom. The first-order valence-corrected chi connectivity index (χ1v) is 17.6. The summed E-state index contributed by atoms with van der Waals surface area (Å²) in [5.74, 6) is 0.625. The summed E-state index contributed by atoms with van der Waals surface area (Å²) in [7, 11) is 0. The van der Waals surface area contributed by atoms with Crippen LogP contribution in [-0.4, -0.2) is 9.97 Å². The maximum atomic E-state index is 6.20. The minimum Gasteiger partial charge on any atom is -0.436 e. The van der Waals surface area contributed by atoms with E-state index in [0.717, 1.165) is 71.7 Å². The molecule has 0 aliphatic rings. The Hall–Kier alpha value is -6.74. The monoisotopic (exact) mass is 669 g/mol. The lowest BCUT2D eigenvalue weighted by molar-refractivity contribution is 0.620. The van der Waals surface area contributed by atoms with Crippen molar-refractivity contribution in [1.29, 1.82) is 0 Å². The van der Waals surface area contributed by atoms with E-state index in [4.69, 9.17) is 14.4 Å². The molecule has 238 valence electrons. The molecule has 2 aromatic heterocycles. The van der Waals surface area contributed by atoms with Crippen molar-refractivity contribution in [2.75, 3.05) is 4.90 Å². The van der Waals surface area contributed by atoms with Crippen LogP contribution in [0.15, 0.2) is 168 Å². The molecule has 2 heterocycles. The number of fused-ring (bicyclic) bond motifs is 5. The number of hydrogen-bond donors (Lipinski definition) is 0. The predicted octanol–water partition coefficient (Wildman–Crippen LogP) is 12.8. The fraction of sp³-hybridized carbons (Fsp3) is 0. The van der Waals surface area contributed by atoms with Crippen LogP contribution < -0.4 is 4.90 Å². The van der Waals surface area contributed by atoms with E-state index >= 15 is 0 Å².